The highest BCUT2D eigenvalue weighted by Gasteiger charge is 2.38. The second-order valence-corrected chi connectivity index (χ2v) is 7.35. The number of aryl methyl sites for hydroxylation is 1. The molecule has 132 valence electrons. The average Bonchev–Trinajstić information content (AvgIpc) is 3.34. The molecule has 25 heavy (non-hydrogen) atoms. The van der Waals surface area contributed by atoms with E-state index in [2.05, 4.69) is 21.9 Å². The standard InChI is InChI=1S/C20H26N4O/c1-15-10-13-24(21-15)17-7-3-6-16(14-17)20(25)23-12-5-9-19(23)18-8-4-11-22(18)2/h3,6-7,10,13-14,18-19H,4-5,8-9,11-12H2,1-2H3/t18-,19-/m0/s1. The maximum absolute atomic E-state index is 13.2. The van der Waals surface area contributed by atoms with E-state index >= 15 is 0 Å². The number of carbonyl (C=O) groups excluding carboxylic acids is 1. The van der Waals surface area contributed by atoms with E-state index in [0.717, 1.165) is 42.9 Å². The number of carbonyl (C=O) groups is 1. The van der Waals surface area contributed by atoms with Crippen molar-refractivity contribution in [1.82, 2.24) is 19.6 Å². The van der Waals surface area contributed by atoms with Crippen LogP contribution in [0, 0.1) is 6.92 Å². The smallest absolute Gasteiger partial charge is 0.254 e. The Kier molecular flexibility index (Phi) is 4.34. The number of hydrogen-bond donors (Lipinski definition) is 0. The highest BCUT2D eigenvalue weighted by Crippen LogP contribution is 2.30. The largest absolute Gasteiger partial charge is 0.334 e. The summed E-state index contributed by atoms with van der Waals surface area (Å²) in [6.45, 7) is 3.99. The monoisotopic (exact) mass is 338 g/mol. The van der Waals surface area contributed by atoms with E-state index in [1.54, 1.807) is 0 Å². The molecule has 4 rings (SSSR count). The summed E-state index contributed by atoms with van der Waals surface area (Å²) in [4.78, 5) is 17.7. The molecule has 5 heteroatoms. The van der Waals surface area contributed by atoms with Gasteiger partial charge in [-0.2, -0.15) is 5.10 Å². The number of benzene rings is 1. The molecular formula is C20H26N4O. The molecule has 2 aliphatic rings. The fraction of sp³-hybridized carbons (Fsp3) is 0.500. The van der Waals surface area contributed by atoms with Crippen LogP contribution in [0.2, 0.25) is 0 Å². The minimum Gasteiger partial charge on any atom is -0.334 e. The first-order valence-corrected chi connectivity index (χ1v) is 9.27. The van der Waals surface area contributed by atoms with Gasteiger partial charge in [-0.1, -0.05) is 6.07 Å². The second kappa shape index (κ2) is 6.64. The van der Waals surface area contributed by atoms with E-state index in [1.165, 1.54) is 12.8 Å². The van der Waals surface area contributed by atoms with Crippen LogP contribution in [-0.2, 0) is 0 Å². The maximum atomic E-state index is 13.2. The number of amides is 1. The first-order valence-electron chi connectivity index (χ1n) is 9.27. The molecule has 0 unspecified atom stereocenters. The molecule has 0 radical (unpaired) electrons. The minimum atomic E-state index is 0.161. The van der Waals surface area contributed by atoms with Crippen LogP contribution >= 0.6 is 0 Å². The number of aromatic nitrogens is 2. The van der Waals surface area contributed by atoms with Crippen molar-refractivity contribution in [1.29, 1.82) is 0 Å². The van der Waals surface area contributed by atoms with Crippen molar-refractivity contribution >= 4 is 5.91 Å². The van der Waals surface area contributed by atoms with Crippen LogP contribution in [0.1, 0.15) is 41.7 Å². The normalized spacial score (nSPS) is 24.2. The third kappa shape index (κ3) is 3.09. The first kappa shape index (κ1) is 16.3. The lowest BCUT2D eigenvalue weighted by Gasteiger charge is -2.33. The molecule has 3 heterocycles. The van der Waals surface area contributed by atoms with E-state index in [1.807, 2.05) is 48.1 Å². The molecule has 2 fully saturated rings. The molecule has 0 bridgehead atoms. The number of rotatable bonds is 3. The van der Waals surface area contributed by atoms with E-state index in [9.17, 15) is 4.79 Å². The van der Waals surface area contributed by atoms with Crippen molar-refractivity contribution in [3.05, 3.63) is 47.8 Å². The van der Waals surface area contributed by atoms with Crippen LogP contribution in [0.15, 0.2) is 36.5 Å². The Hall–Kier alpha value is -2.14. The maximum Gasteiger partial charge on any atom is 0.254 e. The van der Waals surface area contributed by atoms with Gasteiger partial charge in [0.2, 0.25) is 0 Å². The zero-order valence-electron chi connectivity index (χ0n) is 15.1. The first-order chi connectivity index (χ1) is 12.1. The topological polar surface area (TPSA) is 41.4 Å². The number of likely N-dealkylation sites (N-methyl/N-ethyl adjacent to an activating group) is 1. The predicted octanol–water partition coefficient (Wildman–Crippen LogP) is 2.88. The van der Waals surface area contributed by atoms with Gasteiger partial charge in [0.1, 0.15) is 0 Å². The van der Waals surface area contributed by atoms with Gasteiger partial charge in [0.25, 0.3) is 5.91 Å². The summed E-state index contributed by atoms with van der Waals surface area (Å²) in [7, 11) is 2.19. The molecule has 0 aliphatic carbocycles. The molecule has 0 saturated carbocycles. The van der Waals surface area contributed by atoms with Crippen LogP contribution < -0.4 is 0 Å². The van der Waals surface area contributed by atoms with Crippen molar-refractivity contribution < 1.29 is 4.79 Å². The minimum absolute atomic E-state index is 0.161. The van der Waals surface area contributed by atoms with Crippen molar-refractivity contribution in [2.45, 2.75) is 44.7 Å². The molecule has 2 saturated heterocycles. The van der Waals surface area contributed by atoms with Crippen LogP contribution in [0.5, 0.6) is 0 Å². The molecule has 2 aromatic rings. The van der Waals surface area contributed by atoms with Crippen LogP contribution in [-0.4, -0.2) is 57.7 Å². The molecule has 1 aromatic heterocycles. The van der Waals surface area contributed by atoms with E-state index in [-0.39, 0.29) is 5.91 Å². The molecule has 2 aliphatic heterocycles. The summed E-state index contributed by atoms with van der Waals surface area (Å²) in [5.41, 5.74) is 2.67. The van der Waals surface area contributed by atoms with Gasteiger partial charge in [-0.15, -0.1) is 0 Å². The summed E-state index contributed by atoms with van der Waals surface area (Å²) in [5, 5.41) is 4.45. The Labute approximate surface area is 149 Å². The van der Waals surface area contributed by atoms with Gasteiger partial charge < -0.3 is 9.80 Å². The van der Waals surface area contributed by atoms with Gasteiger partial charge >= 0.3 is 0 Å². The number of likely N-dealkylation sites (tertiary alicyclic amines) is 2. The van der Waals surface area contributed by atoms with E-state index in [0.29, 0.717) is 12.1 Å². The molecule has 1 amide bonds. The fourth-order valence-electron chi connectivity index (χ4n) is 4.37. The van der Waals surface area contributed by atoms with Gasteiger partial charge in [0, 0.05) is 30.4 Å². The Bertz CT molecular complexity index is 769. The Morgan fingerprint density at radius 3 is 2.64 bits per heavy atom. The lowest BCUT2D eigenvalue weighted by atomic mass is 10.0. The zero-order chi connectivity index (χ0) is 17.4. The highest BCUT2D eigenvalue weighted by atomic mass is 16.2. The predicted molar refractivity (Wildman–Crippen MR) is 98.0 cm³/mol. The lowest BCUT2D eigenvalue weighted by Crippen LogP contribution is -2.47. The molecule has 2 atom stereocenters. The summed E-state index contributed by atoms with van der Waals surface area (Å²) in [5.74, 6) is 0.161. The molecule has 0 N–H and O–H groups in total. The third-order valence-electron chi connectivity index (χ3n) is 5.66. The SMILES string of the molecule is Cc1ccn(-c2cccc(C(=O)N3CCC[C@H]3[C@@H]3CCCN3C)c2)n1. The van der Waals surface area contributed by atoms with Crippen LogP contribution in [0.4, 0.5) is 0 Å². The van der Waals surface area contributed by atoms with Crippen molar-refractivity contribution in [3.63, 3.8) is 0 Å². The van der Waals surface area contributed by atoms with Crippen molar-refractivity contribution in [2.75, 3.05) is 20.1 Å². The van der Waals surface area contributed by atoms with Gasteiger partial charge in [0.05, 0.1) is 11.4 Å². The highest BCUT2D eigenvalue weighted by molar-refractivity contribution is 5.95. The zero-order valence-corrected chi connectivity index (χ0v) is 15.1. The molecule has 1 aromatic carbocycles. The van der Waals surface area contributed by atoms with Gasteiger partial charge in [-0.3, -0.25) is 4.79 Å². The number of hydrogen-bond acceptors (Lipinski definition) is 3. The Morgan fingerprint density at radius 2 is 1.92 bits per heavy atom. The Balaban J connectivity index is 1.58. The third-order valence-corrected chi connectivity index (χ3v) is 5.66. The molecular weight excluding hydrogens is 312 g/mol. The molecule has 5 nitrogen and oxygen atoms in total. The fourth-order valence-corrected chi connectivity index (χ4v) is 4.37. The van der Waals surface area contributed by atoms with E-state index in [4.69, 9.17) is 0 Å². The van der Waals surface area contributed by atoms with Gasteiger partial charge in [-0.05, 0) is 70.5 Å². The summed E-state index contributed by atoms with van der Waals surface area (Å²) >= 11 is 0. The van der Waals surface area contributed by atoms with Crippen molar-refractivity contribution in [3.8, 4) is 5.69 Å². The van der Waals surface area contributed by atoms with Gasteiger partial charge in [0.15, 0.2) is 0 Å². The summed E-state index contributed by atoms with van der Waals surface area (Å²) in [6.07, 6.45) is 6.62. The quantitative estimate of drug-likeness (QED) is 0.864. The van der Waals surface area contributed by atoms with E-state index < -0.39 is 0 Å². The number of nitrogens with zero attached hydrogens (tertiary/aromatic N) is 4. The summed E-state index contributed by atoms with van der Waals surface area (Å²) in [6, 6.07) is 10.7. The van der Waals surface area contributed by atoms with Crippen LogP contribution in [0.3, 0.4) is 0 Å². The average molecular weight is 338 g/mol. The second-order valence-electron chi connectivity index (χ2n) is 7.35. The van der Waals surface area contributed by atoms with Gasteiger partial charge in [-0.25, -0.2) is 4.68 Å². The molecule has 0 spiro atoms. The van der Waals surface area contributed by atoms with Crippen LogP contribution in [0.25, 0.3) is 5.69 Å². The lowest BCUT2D eigenvalue weighted by molar-refractivity contribution is 0.0664. The summed E-state index contributed by atoms with van der Waals surface area (Å²) < 4.78 is 1.83. The van der Waals surface area contributed by atoms with Crippen molar-refractivity contribution in [2.24, 2.45) is 0 Å². The Morgan fingerprint density at radius 1 is 1.12 bits per heavy atom.